The van der Waals surface area contributed by atoms with Crippen molar-refractivity contribution in [3.05, 3.63) is 48.0 Å². The fraction of sp³-hybridized carbons (Fsp3) is 0.524. The summed E-state index contributed by atoms with van der Waals surface area (Å²) in [7, 11) is 0. The van der Waals surface area contributed by atoms with E-state index in [-0.39, 0.29) is 68.1 Å². The number of ketones is 1. The number of Topliss-reactive ketones (excluding diaryl/α,β-unsaturated/α-hetero) is 1. The second-order valence-corrected chi connectivity index (χ2v) is 8.03. The van der Waals surface area contributed by atoms with Crippen LogP contribution in [0.3, 0.4) is 0 Å². The van der Waals surface area contributed by atoms with Crippen LogP contribution in [-0.2, 0) is 9.59 Å². The number of aliphatic carboxylic acids is 1. The molecule has 1 aliphatic heterocycles. The van der Waals surface area contributed by atoms with E-state index in [0.717, 1.165) is 32.0 Å². The van der Waals surface area contributed by atoms with E-state index in [4.69, 9.17) is 21.1 Å². The number of likely N-dealkylation sites (tertiary alicyclic amines) is 1. The maximum atomic E-state index is 12.7. The van der Waals surface area contributed by atoms with Gasteiger partial charge in [-0.3, -0.25) is 14.6 Å². The molecule has 1 unspecified atom stereocenters. The number of amides is 1. The van der Waals surface area contributed by atoms with Crippen LogP contribution < -0.4 is 0 Å². The number of carbonyl (C=O) groups is 3. The van der Waals surface area contributed by atoms with Gasteiger partial charge in [0.2, 0.25) is 5.91 Å². The van der Waals surface area contributed by atoms with Gasteiger partial charge in [-0.25, -0.2) is 4.79 Å². The molecule has 1 aliphatic rings. The minimum absolute atomic E-state index is 0. The number of piperidine rings is 1. The molecule has 1 fully saturated rings. The van der Waals surface area contributed by atoms with E-state index in [1.807, 2.05) is 4.90 Å². The van der Waals surface area contributed by atoms with Crippen LogP contribution in [0.2, 0.25) is 0 Å². The van der Waals surface area contributed by atoms with Crippen molar-refractivity contribution < 1.29 is 73.8 Å². The molecule has 1 atom stereocenters. The van der Waals surface area contributed by atoms with E-state index >= 15 is 0 Å². The number of rotatable bonds is 10. The van der Waals surface area contributed by atoms with E-state index in [2.05, 4.69) is 4.98 Å². The first-order chi connectivity index (χ1) is 14.8. The van der Waals surface area contributed by atoms with Crippen LogP contribution in [0.25, 0.3) is 5.73 Å². The SMILES string of the molecule is O=C(O)/C=C\C(O)O.[Ac].[NH-]CCSCC(CC(=O)N1CCCCC1)C(=O)c1cccnc1. The zero-order chi connectivity index (χ0) is 23.1. The predicted molar refractivity (Wildman–Crippen MR) is 119 cm³/mol. The van der Waals surface area contributed by atoms with Crippen molar-refractivity contribution in [2.75, 3.05) is 31.1 Å². The first-order valence-electron chi connectivity index (χ1n) is 10.1. The smallest absolute Gasteiger partial charge is 0.328 e. The van der Waals surface area contributed by atoms with Crippen molar-refractivity contribution in [3.63, 3.8) is 0 Å². The van der Waals surface area contributed by atoms with E-state index in [1.54, 1.807) is 36.3 Å². The van der Waals surface area contributed by atoms with Gasteiger partial charge in [0, 0.05) is 99.3 Å². The van der Waals surface area contributed by atoms with Gasteiger partial charge in [0.25, 0.3) is 0 Å². The Morgan fingerprint density at radius 2 is 1.91 bits per heavy atom. The summed E-state index contributed by atoms with van der Waals surface area (Å²) in [6.45, 7) is 1.96. The standard InChI is InChI=1S/C17H24N3O2S.C4H6O4.Ac/c18-6-10-23-13-15(17(22)14-5-4-7-19-12-14)11-16(21)20-8-2-1-3-9-20;5-3(6)1-2-4(7)8;/h4-5,7,12,15,18H,1-3,6,8-11,13H2;1-3,5-6H,(H,7,8);/q-1;;/b;2-1-;. The monoisotopic (exact) mass is 679 g/mol. The van der Waals surface area contributed by atoms with E-state index in [0.29, 0.717) is 29.7 Å². The van der Waals surface area contributed by atoms with Crippen LogP contribution in [0.4, 0.5) is 0 Å². The van der Waals surface area contributed by atoms with Crippen LogP contribution in [0.1, 0.15) is 36.0 Å². The summed E-state index contributed by atoms with van der Waals surface area (Å²) in [5, 5.41) is 23.9. The van der Waals surface area contributed by atoms with Gasteiger partial charge in [-0.2, -0.15) is 11.8 Å². The molecule has 0 aliphatic carbocycles. The fourth-order valence-electron chi connectivity index (χ4n) is 2.92. The zero-order valence-corrected chi connectivity index (χ0v) is 23.5. The zero-order valence-electron chi connectivity index (χ0n) is 17.9. The molecule has 1 saturated heterocycles. The van der Waals surface area contributed by atoms with Gasteiger partial charge in [-0.05, 0) is 43.2 Å². The molecular weight excluding hydrogens is 649 g/mol. The number of aliphatic hydroxyl groups excluding tert-OH is 1. The van der Waals surface area contributed by atoms with Gasteiger partial charge in [0.05, 0.1) is 0 Å². The minimum atomic E-state index is -1.67. The van der Waals surface area contributed by atoms with Crippen LogP contribution in [0, 0.1) is 50.0 Å². The van der Waals surface area contributed by atoms with Crippen molar-refractivity contribution in [2.24, 2.45) is 5.92 Å². The molecule has 0 saturated carbocycles. The Balaban J connectivity index is 0.000000917. The predicted octanol–water partition coefficient (Wildman–Crippen LogP) is 2.01. The molecule has 1 aromatic heterocycles. The fourth-order valence-corrected chi connectivity index (χ4v) is 3.79. The number of nitrogens with one attached hydrogen (secondary N) is 1. The molecule has 32 heavy (non-hydrogen) atoms. The molecule has 175 valence electrons. The van der Waals surface area contributed by atoms with Gasteiger partial charge >= 0.3 is 5.97 Å². The number of hydrogen-bond donors (Lipinski definition) is 3. The number of pyridine rings is 1. The molecule has 0 bridgehead atoms. The molecule has 11 heteroatoms. The molecule has 2 rings (SSSR count). The van der Waals surface area contributed by atoms with Crippen molar-refractivity contribution >= 4 is 29.4 Å². The van der Waals surface area contributed by atoms with Gasteiger partial charge in [0.15, 0.2) is 12.1 Å². The second-order valence-electron chi connectivity index (χ2n) is 6.88. The Morgan fingerprint density at radius 1 is 1.22 bits per heavy atom. The second kappa shape index (κ2) is 18.6. The van der Waals surface area contributed by atoms with E-state index in [9.17, 15) is 14.4 Å². The van der Waals surface area contributed by atoms with Gasteiger partial charge in [-0.1, -0.05) is 0 Å². The van der Waals surface area contributed by atoms with E-state index in [1.165, 1.54) is 6.42 Å². The number of nitrogens with zero attached hydrogens (tertiary/aromatic N) is 2. The molecule has 9 nitrogen and oxygen atoms in total. The summed E-state index contributed by atoms with van der Waals surface area (Å²) in [5.41, 5.74) is 7.79. The maximum Gasteiger partial charge on any atom is 0.328 e. The molecule has 0 spiro atoms. The average Bonchev–Trinajstić information content (AvgIpc) is 2.78. The minimum Gasteiger partial charge on any atom is -0.677 e. The Morgan fingerprint density at radius 3 is 2.41 bits per heavy atom. The number of aromatic nitrogens is 1. The number of aliphatic hydroxyl groups is 2. The van der Waals surface area contributed by atoms with Crippen LogP contribution in [0.5, 0.6) is 0 Å². The number of thioether (sulfide) groups is 1. The van der Waals surface area contributed by atoms with E-state index < -0.39 is 12.3 Å². The largest absolute Gasteiger partial charge is 0.677 e. The van der Waals surface area contributed by atoms with Crippen molar-refractivity contribution in [2.45, 2.75) is 32.0 Å². The summed E-state index contributed by atoms with van der Waals surface area (Å²) in [4.78, 5) is 40.7. The number of hydrogen-bond acceptors (Lipinski definition) is 7. The van der Waals surface area contributed by atoms with Crippen molar-refractivity contribution in [1.82, 2.24) is 9.88 Å². The topological polar surface area (TPSA) is 152 Å². The first kappa shape index (κ1) is 31.2. The third kappa shape index (κ3) is 13.7. The average molecular weight is 680 g/mol. The number of carboxylic acids is 1. The molecule has 2 heterocycles. The van der Waals surface area contributed by atoms with Crippen molar-refractivity contribution in [3.8, 4) is 0 Å². The van der Waals surface area contributed by atoms with Gasteiger partial charge in [0.1, 0.15) is 0 Å². The maximum absolute atomic E-state index is 12.7. The Kier molecular flexibility index (Phi) is 18.1. The molecule has 1 aromatic rings. The molecule has 4 N–H and O–H groups in total. The third-order valence-electron chi connectivity index (χ3n) is 4.42. The number of carbonyl (C=O) groups excluding carboxylic acids is 2. The molecule has 1 amide bonds. The van der Waals surface area contributed by atoms with Crippen LogP contribution in [-0.4, -0.2) is 80.3 Å². The van der Waals surface area contributed by atoms with Crippen molar-refractivity contribution in [1.29, 1.82) is 0 Å². The number of carboxylic acid groups (broad SMARTS) is 1. The Labute approximate surface area is 228 Å². The Bertz CT molecular complexity index is 715. The molecular formula is C21H30AcN3O6S-. The summed E-state index contributed by atoms with van der Waals surface area (Å²) in [6.07, 6.45) is 6.50. The molecule has 1 radical (unpaired) electrons. The Hall–Kier alpha value is -0.828. The third-order valence-corrected chi connectivity index (χ3v) is 5.55. The summed E-state index contributed by atoms with van der Waals surface area (Å²) >= 11 is 1.57. The molecule has 0 aromatic carbocycles. The summed E-state index contributed by atoms with van der Waals surface area (Å²) < 4.78 is 0. The van der Waals surface area contributed by atoms with Gasteiger partial charge < -0.3 is 26.0 Å². The van der Waals surface area contributed by atoms with Gasteiger partial charge in [-0.15, -0.1) is 6.54 Å². The van der Waals surface area contributed by atoms with Crippen LogP contribution in [0.15, 0.2) is 36.7 Å². The summed E-state index contributed by atoms with van der Waals surface area (Å²) in [6, 6.07) is 3.50. The quantitative estimate of drug-likeness (QED) is 0.147. The first-order valence-corrected chi connectivity index (χ1v) is 11.2. The normalized spacial score (nSPS) is 14.3. The summed E-state index contributed by atoms with van der Waals surface area (Å²) in [5.74, 6) is -0.177. The van der Waals surface area contributed by atoms with Crippen LogP contribution >= 0.6 is 11.8 Å².